The fourth-order valence-corrected chi connectivity index (χ4v) is 3.90. The second-order valence-corrected chi connectivity index (χ2v) is 7.64. The highest BCUT2D eigenvalue weighted by molar-refractivity contribution is 7.89. The number of halogens is 5. The zero-order valence-electron chi connectivity index (χ0n) is 13.9. The number of hydrogen-bond acceptors (Lipinski definition) is 5. The summed E-state index contributed by atoms with van der Waals surface area (Å²) in [6.07, 6.45) is -0.477. The molecule has 0 fully saturated rings. The van der Waals surface area contributed by atoms with Gasteiger partial charge in [-0.05, 0) is 12.1 Å². The van der Waals surface area contributed by atoms with E-state index in [1.165, 1.54) is 6.20 Å². The first-order chi connectivity index (χ1) is 13.6. The van der Waals surface area contributed by atoms with Gasteiger partial charge in [0.15, 0.2) is 16.7 Å². The van der Waals surface area contributed by atoms with Crippen molar-refractivity contribution in [2.45, 2.75) is 11.2 Å². The number of benzene rings is 1. The molecule has 4 aromatic rings. The lowest BCUT2D eigenvalue weighted by molar-refractivity contribution is -0.137. The van der Waals surface area contributed by atoms with Gasteiger partial charge in [-0.25, -0.2) is 27.7 Å². The second kappa shape index (κ2) is 6.34. The normalized spacial score (nSPS) is 12.6. The Morgan fingerprint density at radius 3 is 2.34 bits per heavy atom. The highest BCUT2D eigenvalue weighted by atomic mass is 32.2. The molecule has 1 N–H and O–H groups in total. The molecular weight excluding hydrogens is 421 g/mol. The predicted octanol–water partition coefficient (Wildman–Crippen LogP) is 3.36. The Labute approximate surface area is 158 Å². The number of aromatic amines is 1. The molecule has 29 heavy (non-hydrogen) atoms. The lowest BCUT2D eigenvalue weighted by Crippen LogP contribution is -2.11. The van der Waals surface area contributed by atoms with Crippen molar-refractivity contribution >= 4 is 20.9 Å². The lowest BCUT2D eigenvalue weighted by Gasteiger charge is -2.13. The van der Waals surface area contributed by atoms with Crippen molar-refractivity contribution in [1.29, 1.82) is 0 Å². The summed E-state index contributed by atoms with van der Waals surface area (Å²) in [5.74, 6) is -2.77. The fraction of sp³-hybridized carbons (Fsp3) is 0.0625. The third kappa shape index (κ3) is 3.12. The quantitative estimate of drug-likeness (QED) is 0.504. The van der Waals surface area contributed by atoms with Gasteiger partial charge in [-0.15, -0.1) is 0 Å². The Balaban J connectivity index is 2.07. The molecule has 0 atom stereocenters. The van der Waals surface area contributed by atoms with E-state index in [1.807, 2.05) is 0 Å². The Hall–Kier alpha value is -3.35. The molecule has 13 heteroatoms. The Morgan fingerprint density at radius 1 is 1.07 bits per heavy atom. The minimum atomic E-state index is -5.01. The average Bonchev–Trinajstić information content (AvgIpc) is 3.33. The zero-order chi connectivity index (χ0) is 21.0. The van der Waals surface area contributed by atoms with E-state index in [0.717, 1.165) is 18.6 Å². The maximum atomic E-state index is 14.4. The van der Waals surface area contributed by atoms with E-state index >= 15 is 0 Å². The van der Waals surface area contributed by atoms with Crippen molar-refractivity contribution in [3.05, 3.63) is 60.4 Å². The Kier molecular flexibility index (Phi) is 4.15. The molecule has 0 bridgehead atoms. The van der Waals surface area contributed by atoms with Gasteiger partial charge in [-0.3, -0.25) is 0 Å². The largest absolute Gasteiger partial charge is 0.417 e. The molecule has 0 amide bonds. The Morgan fingerprint density at radius 2 is 1.76 bits per heavy atom. The van der Waals surface area contributed by atoms with Crippen molar-refractivity contribution in [1.82, 2.24) is 23.9 Å². The number of nitrogens with zero attached hydrogens (tertiary/aromatic N) is 4. The van der Waals surface area contributed by atoms with Gasteiger partial charge in [0.25, 0.3) is 10.0 Å². The molecule has 0 saturated heterocycles. The van der Waals surface area contributed by atoms with E-state index in [9.17, 15) is 30.4 Å². The van der Waals surface area contributed by atoms with Crippen LogP contribution in [0.5, 0.6) is 0 Å². The van der Waals surface area contributed by atoms with E-state index < -0.39 is 60.7 Å². The van der Waals surface area contributed by atoms with Crippen LogP contribution in [0, 0.1) is 11.6 Å². The molecule has 0 aliphatic rings. The topological polar surface area (TPSA) is 93.5 Å². The van der Waals surface area contributed by atoms with Gasteiger partial charge >= 0.3 is 6.18 Å². The van der Waals surface area contributed by atoms with Crippen LogP contribution in [-0.2, 0) is 16.2 Å². The van der Waals surface area contributed by atoms with E-state index in [0.29, 0.717) is 16.4 Å². The first kappa shape index (κ1) is 19.0. The van der Waals surface area contributed by atoms with Crippen molar-refractivity contribution in [3.8, 4) is 11.4 Å². The van der Waals surface area contributed by atoms with Crippen LogP contribution in [0.15, 0.2) is 48.3 Å². The van der Waals surface area contributed by atoms with Gasteiger partial charge in [0.2, 0.25) is 0 Å². The molecule has 150 valence electrons. The lowest BCUT2D eigenvalue weighted by atomic mass is 10.0. The van der Waals surface area contributed by atoms with Crippen LogP contribution >= 0.6 is 0 Å². The van der Waals surface area contributed by atoms with Crippen molar-refractivity contribution in [2.24, 2.45) is 0 Å². The average molecular weight is 429 g/mol. The van der Waals surface area contributed by atoms with Gasteiger partial charge < -0.3 is 4.98 Å². The van der Waals surface area contributed by atoms with E-state index in [-0.39, 0.29) is 6.07 Å². The summed E-state index contributed by atoms with van der Waals surface area (Å²) in [5, 5.41) is -1.00. The van der Waals surface area contributed by atoms with Crippen LogP contribution in [-0.4, -0.2) is 32.3 Å². The first-order valence-corrected chi connectivity index (χ1v) is 9.17. The van der Waals surface area contributed by atoms with Gasteiger partial charge in [0.1, 0.15) is 12.1 Å². The molecule has 1 aromatic carbocycles. The maximum Gasteiger partial charge on any atom is 0.417 e. The number of imidazole rings is 1. The minimum Gasteiger partial charge on any atom is -0.342 e. The number of fused-ring (bicyclic) bond motifs is 1. The van der Waals surface area contributed by atoms with Crippen LogP contribution in [0.2, 0.25) is 0 Å². The van der Waals surface area contributed by atoms with Crippen LogP contribution < -0.4 is 0 Å². The molecule has 3 aromatic heterocycles. The number of aromatic nitrogens is 5. The zero-order valence-corrected chi connectivity index (χ0v) is 14.8. The molecule has 3 heterocycles. The number of nitrogens with one attached hydrogen (secondary N) is 1. The Bertz CT molecular complexity index is 1310. The van der Waals surface area contributed by atoms with Gasteiger partial charge in [0, 0.05) is 23.3 Å². The summed E-state index contributed by atoms with van der Waals surface area (Å²) in [6.45, 7) is 0. The SMILES string of the molecule is O=S(=O)(c1cc2c(-c3ncc(F)cn3)c(C(F)(F)F)cc(F)c2[nH]1)n1ccnc1. The monoisotopic (exact) mass is 429 g/mol. The second-order valence-electron chi connectivity index (χ2n) is 5.82. The third-order valence-corrected chi connectivity index (χ3v) is 5.57. The van der Waals surface area contributed by atoms with Crippen molar-refractivity contribution < 1.29 is 30.4 Å². The fourth-order valence-electron chi connectivity index (χ4n) is 2.78. The standard InChI is InChI=1S/C16H8F5N5O2S/c17-8-5-23-15(24-6-8)13-9-3-12(29(27,28)26-2-1-22-7-26)25-14(9)11(18)4-10(13)16(19,20)21/h1-7,25H. The summed E-state index contributed by atoms with van der Waals surface area (Å²) in [4.78, 5) is 13.0. The van der Waals surface area contributed by atoms with Crippen LogP contribution in [0.1, 0.15) is 5.56 Å². The molecule has 4 rings (SSSR count). The summed E-state index contributed by atoms with van der Waals surface area (Å²) in [6, 6.07) is 1.04. The van der Waals surface area contributed by atoms with E-state index in [1.54, 1.807) is 0 Å². The molecule has 0 spiro atoms. The number of hydrogen-bond donors (Lipinski definition) is 1. The molecule has 0 radical (unpaired) electrons. The van der Waals surface area contributed by atoms with Gasteiger partial charge in [-0.2, -0.15) is 21.6 Å². The van der Waals surface area contributed by atoms with Gasteiger partial charge in [0.05, 0.1) is 23.5 Å². The highest BCUT2D eigenvalue weighted by Gasteiger charge is 2.37. The minimum absolute atomic E-state index is 0.203. The first-order valence-electron chi connectivity index (χ1n) is 7.73. The van der Waals surface area contributed by atoms with Gasteiger partial charge in [-0.1, -0.05) is 0 Å². The predicted molar refractivity (Wildman–Crippen MR) is 89.1 cm³/mol. The number of H-pyrrole nitrogens is 1. The highest BCUT2D eigenvalue weighted by Crippen LogP contribution is 2.41. The smallest absolute Gasteiger partial charge is 0.342 e. The van der Waals surface area contributed by atoms with E-state index in [2.05, 4.69) is 19.9 Å². The summed E-state index contributed by atoms with van der Waals surface area (Å²) < 4.78 is 94.1. The molecular formula is C16H8F5N5O2S. The molecule has 0 aliphatic heterocycles. The van der Waals surface area contributed by atoms with E-state index in [4.69, 9.17) is 0 Å². The van der Waals surface area contributed by atoms with Crippen LogP contribution in [0.4, 0.5) is 22.0 Å². The number of alkyl halides is 3. The summed E-state index contributed by atoms with van der Waals surface area (Å²) >= 11 is 0. The molecule has 0 aliphatic carbocycles. The summed E-state index contributed by atoms with van der Waals surface area (Å²) in [7, 11) is -4.28. The molecule has 0 unspecified atom stereocenters. The van der Waals surface area contributed by atoms with Crippen molar-refractivity contribution in [2.75, 3.05) is 0 Å². The van der Waals surface area contributed by atoms with Crippen LogP contribution in [0.3, 0.4) is 0 Å². The molecule has 7 nitrogen and oxygen atoms in total. The third-order valence-electron chi connectivity index (χ3n) is 4.03. The van der Waals surface area contributed by atoms with Crippen molar-refractivity contribution in [3.63, 3.8) is 0 Å². The summed E-state index contributed by atoms with van der Waals surface area (Å²) in [5.41, 5.74) is -2.61. The number of rotatable bonds is 3. The molecule has 0 saturated carbocycles. The maximum absolute atomic E-state index is 14.4. The van der Waals surface area contributed by atoms with Crippen LogP contribution in [0.25, 0.3) is 22.3 Å².